The quantitative estimate of drug-likeness (QED) is 0.757. The Labute approximate surface area is 108 Å². The van der Waals surface area contributed by atoms with Gasteiger partial charge in [0.2, 0.25) is 5.91 Å². The van der Waals surface area contributed by atoms with E-state index in [1.807, 2.05) is 11.9 Å². The summed E-state index contributed by atoms with van der Waals surface area (Å²) in [5.41, 5.74) is 4.99. The molecule has 2 atom stereocenters. The van der Waals surface area contributed by atoms with Crippen molar-refractivity contribution in [3.05, 3.63) is 28.8 Å². The van der Waals surface area contributed by atoms with Gasteiger partial charge < -0.3 is 10.2 Å². The van der Waals surface area contributed by atoms with Gasteiger partial charge in [0.1, 0.15) is 0 Å². The van der Waals surface area contributed by atoms with Gasteiger partial charge >= 0.3 is 0 Å². The number of amides is 1. The molecule has 0 bridgehead atoms. The molecule has 3 nitrogen and oxygen atoms in total. The number of carbonyl (C=O) groups excluding carboxylic acids is 1. The minimum atomic E-state index is 0.171. The Morgan fingerprint density at radius 1 is 1.28 bits per heavy atom. The maximum atomic E-state index is 12.5. The van der Waals surface area contributed by atoms with Crippen molar-refractivity contribution >= 4 is 11.6 Å². The lowest BCUT2D eigenvalue weighted by molar-refractivity contribution is -0.124. The van der Waals surface area contributed by atoms with Gasteiger partial charge in [0.25, 0.3) is 0 Å². The van der Waals surface area contributed by atoms with Crippen LogP contribution in [-0.4, -0.2) is 26.0 Å². The van der Waals surface area contributed by atoms with Gasteiger partial charge in [-0.1, -0.05) is 17.7 Å². The Morgan fingerprint density at radius 3 is 2.83 bits per heavy atom. The van der Waals surface area contributed by atoms with Crippen molar-refractivity contribution in [1.29, 1.82) is 0 Å². The molecular weight excluding hydrogens is 224 g/mol. The van der Waals surface area contributed by atoms with E-state index >= 15 is 0 Å². The molecule has 18 heavy (non-hydrogen) atoms. The van der Waals surface area contributed by atoms with E-state index in [9.17, 15) is 4.79 Å². The average molecular weight is 244 g/mol. The summed E-state index contributed by atoms with van der Waals surface area (Å²) in [7, 11) is 1.92. The summed E-state index contributed by atoms with van der Waals surface area (Å²) >= 11 is 0. The van der Waals surface area contributed by atoms with Crippen LogP contribution in [0.1, 0.15) is 29.0 Å². The van der Waals surface area contributed by atoms with Gasteiger partial charge in [0, 0.05) is 31.1 Å². The summed E-state index contributed by atoms with van der Waals surface area (Å²) in [5, 5.41) is 3.43. The summed E-state index contributed by atoms with van der Waals surface area (Å²) in [6, 6.07) is 4.43. The highest BCUT2D eigenvalue weighted by molar-refractivity contribution is 5.99. The van der Waals surface area contributed by atoms with Crippen LogP contribution in [0.2, 0.25) is 0 Å². The molecule has 0 aromatic heterocycles. The Balaban J connectivity index is 2.18. The number of hydrogen-bond acceptors (Lipinski definition) is 2. The number of fused-ring (bicyclic) bond motifs is 3. The second-order valence-corrected chi connectivity index (χ2v) is 5.62. The van der Waals surface area contributed by atoms with Gasteiger partial charge in [-0.25, -0.2) is 0 Å². The van der Waals surface area contributed by atoms with Crippen LogP contribution in [0.5, 0.6) is 0 Å². The van der Waals surface area contributed by atoms with Gasteiger partial charge in [-0.15, -0.1) is 0 Å². The standard InChI is InChI=1S/C15H20N2O/c1-9-6-10(2)14-12(7-9)13-8-16-5-4-11(13)15(18)17(14)3/h6-7,11,13,16H,4-5,8H2,1-3H3. The predicted octanol–water partition coefficient (Wildman–Crippen LogP) is 1.97. The molecule has 1 fully saturated rings. The topological polar surface area (TPSA) is 32.3 Å². The van der Waals surface area contributed by atoms with Crippen LogP contribution in [0.25, 0.3) is 0 Å². The lowest BCUT2D eigenvalue weighted by Crippen LogP contribution is -2.48. The highest BCUT2D eigenvalue weighted by Crippen LogP contribution is 2.43. The van der Waals surface area contributed by atoms with E-state index in [1.54, 1.807) is 0 Å². The molecule has 2 aliphatic heterocycles. The first-order valence-electron chi connectivity index (χ1n) is 6.69. The molecule has 2 aliphatic rings. The third-order valence-corrected chi connectivity index (χ3v) is 4.34. The van der Waals surface area contributed by atoms with E-state index < -0.39 is 0 Å². The number of aryl methyl sites for hydroxylation is 2. The van der Waals surface area contributed by atoms with Crippen molar-refractivity contribution in [1.82, 2.24) is 5.32 Å². The molecule has 2 unspecified atom stereocenters. The van der Waals surface area contributed by atoms with Crippen molar-refractivity contribution in [2.24, 2.45) is 5.92 Å². The Morgan fingerprint density at radius 2 is 2.06 bits per heavy atom. The molecule has 0 aliphatic carbocycles. The van der Waals surface area contributed by atoms with E-state index in [2.05, 4.69) is 31.3 Å². The van der Waals surface area contributed by atoms with E-state index in [1.165, 1.54) is 16.7 Å². The smallest absolute Gasteiger partial charge is 0.230 e. The number of piperidine rings is 1. The molecule has 1 N–H and O–H groups in total. The molecule has 1 amide bonds. The van der Waals surface area contributed by atoms with Gasteiger partial charge in [0.15, 0.2) is 0 Å². The minimum absolute atomic E-state index is 0.171. The fraction of sp³-hybridized carbons (Fsp3) is 0.533. The van der Waals surface area contributed by atoms with Crippen LogP contribution in [0.15, 0.2) is 12.1 Å². The first-order chi connectivity index (χ1) is 8.59. The second kappa shape index (κ2) is 4.09. The molecule has 3 rings (SSSR count). The van der Waals surface area contributed by atoms with Crippen LogP contribution in [-0.2, 0) is 4.79 Å². The second-order valence-electron chi connectivity index (χ2n) is 5.62. The molecule has 2 heterocycles. The fourth-order valence-corrected chi connectivity index (χ4v) is 3.57. The number of anilines is 1. The molecule has 1 aromatic rings. The van der Waals surface area contributed by atoms with Crippen LogP contribution < -0.4 is 10.2 Å². The minimum Gasteiger partial charge on any atom is -0.316 e. The zero-order chi connectivity index (χ0) is 12.9. The molecule has 1 saturated heterocycles. The lowest BCUT2D eigenvalue weighted by Gasteiger charge is -2.41. The van der Waals surface area contributed by atoms with Crippen molar-refractivity contribution in [2.45, 2.75) is 26.2 Å². The summed E-state index contributed by atoms with van der Waals surface area (Å²) < 4.78 is 0. The zero-order valence-electron chi connectivity index (χ0n) is 11.3. The van der Waals surface area contributed by atoms with E-state index in [0.717, 1.165) is 25.2 Å². The highest BCUT2D eigenvalue weighted by atomic mass is 16.2. The van der Waals surface area contributed by atoms with Crippen LogP contribution >= 0.6 is 0 Å². The average Bonchev–Trinajstić information content (AvgIpc) is 2.35. The van der Waals surface area contributed by atoms with Crippen molar-refractivity contribution < 1.29 is 4.79 Å². The third kappa shape index (κ3) is 1.57. The number of nitrogens with one attached hydrogen (secondary N) is 1. The third-order valence-electron chi connectivity index (χ3n) is 4.34. The van der Waals surface area contributed by atoms with Gasteiger partial charge in [-0.3, -0.25) is 4.79 Å². The highest BCUT2D eigenvalue weighted by Gasteiger charge is 2.40. The summed E-state index contributed by atoms with van der Waals surface area (Å²) in [4.78, 5) is 14.3. The number of rotatable bonds is 0. The van der Waals surface area contributed by atoms with Crippen molar-refractivity contribution in [3.8, 4) is 0 Å². The van der Waals surface area contributed by atoms with E-state index in [0.29, 0.717) is 11.8 Å². The van der Waals surface area contributed by atoms with Gasteiger partial charge in [-0.2, -0.15) is 0 Å². The SMILES string of the molecule is Cc1cc(C)c2c(c1)C1CNCCC1C(=O)N2C. The maximum absolute atomic E-state index is 12.5. The summed E-state index contributed by atoms with van der Waals surface area (Å²) in [6.45, 7) is 6.13. The zero-order valence-corrected chi connectivity index (χ0v) is 11.3. The van der Waals surface area contributed by atoms with Gasteiger partial charge in [-0.05, 0) is 37.9 Å². The summed E-state index contributed by atoms with van der Waals surface area (Å²) in [6.07, 6.45) is 0.959. The molecular formula is C15H20N2O. The van der Waals surface area contributed by atoms with Crippen LogP contribution in [0.3, 0.4) is 0 Å². The first kappa shape index (κ1) is 11.7. The van der Waals surface area contributed by atoms with E-state index in [-0.39, 0.29) is 5.92 Å². The Bertz CT molecular complexity index is 509. The molecule has 0 saturated carbocycles. The van der Waals surface area contributed by atoms with E-state index in [4.69, 9.17) is 0 Å². The summed E-state index contributed by atoms with van der Waals surface area (Å²) in [5.74, 6) is 0.821. The number of carbonyl (C=O) groups is 1. The molecule has 0 spiro atoms. The monoisotopic (exact) mass is 244 g/mol. The normalized spacial score (nSPS) is 26.8. The number of hydrogen-bond donors (Lipinski definition) is 1. The maximum Gasteiger partial charge on any atom is 0.230 e. The first-order valence-corrected chi connectivity index (χ1v) is 6.69. The van der Waals surface area contributed by atoms with Crippen LogP contribution in [0, 0.1) is 19.8 Å². The Kier molecular flexibility index (Phi) is 2.67. The predicted molar refractivity (Wildman–Crippen MR) is 73.0 cm³/mol. The Hall–Kier alpha value is -1.35. The molecule has 0 radical (unpaired) electrons. The van der Waals surface area contributed by atoms with Gasteiger partial charge in [0.05, 0.1) is 0 Å². The number of nitrogens with zero attached hydrogens (tertiary/aromatic N) is 1. The fourth-order valence-electron chi connectivity index (χ4n) is 3.57. The molecule has 1 aromatic carbocycles. The van der Waals surface area contributed by atoms with Crippen molar-refractivity contribution in [2.75, 3.05) is 25.0 Å². The number of benzene rings is 1. The largest absolute Gasteiger partial charge is 0.316 e. The van der Waals surface area contributed by atoms with Crippen molar-refractivity contribution in [3.63, 3.8) is 0 Å². The lowest BCUT2D eigenvalue weighted by atomic mass is 9.76. The molecule has 96 valence electrons. The van der Waals surface area contributed by atoms with Crippen LogP contribution in [0.4, 0.5) is 5.69 Å². The molecule has 3 heteroatoms.